The molecule has 2 aromatic rings. The Morgan fingerprint density at radius 2 is 1.76 bits per heavy atom. The lowest BCUT2D eigenvalue weighted by Gasteiger charge is -2.34. The Labute approximate surface area is 130 Å². The van der Waals surface area contributed by atoms with Crippen molar-refractivity contribution < 1.29 is 4.52 Å². The van der Waals surface area contributed by atoms with Gasteiger partial charge in [-0.1, -0.05) is 12.1 Å². The molecule has 0 saturated heterocycles. The summed E-state index contributed by atoms with van der Waals surface area (Å²) in [6.07, 6.45) is 0. The summed E-state index contributed by atoms with van der Waals surface area (Å²) in [7, 11) is 0. The highest BCUT2D eigenvalue weighted by molar-refractivity contribution is 7.99. The number of nitrogens with two attached hydrogens (primary N) is 1. The molecule has 114 valence electrons. The summed E-state index contributed by atoms with van der Waals surface area (Å²) in [5.41, 5.74) is 6.33. The van der Waals surface area contributed by atoms with Crippen LogP contribution in [0, 0.1) is 0 Å². The fourth-order valence-electron chi connectivity index (χ4n) is 1.74. The van der Waals surface area contributed by atoms with Gasteiger partial charge < -0.3 is 10.3 Å². The number of benzene rings is 1. The van der Waals surface area contributed by atoms with Crippen LogP contribution in [0.5, 0.6) is 0 Å². The van der Waals surface area contributed by atoms with Gasteiger partial charge in [0.2, 0.25) is 11.7 Å². The van der Waals surface area contributed by atoms with Gasteiger partial charge in [0, 0.05) is 16.0 Å². The smallest absolute Gasteiger partial charge is 0.234 e. The van der Waals surface area contributed by atoms with Crippen LogP contribution < -0.4 is 5.73 Å². The van der Waals surface area contributed by atoms with Crippen LogP contribution in [0.15, 0.2) is 33.7 Å². The zero-order valence-corrected chi connectivity index (χ0v) is 14.1. The van der Waals surface area contributed by atoms with Gasteiger partial charge in [-0.05, 0) is 57.7 Å². The van der Waals surface area contributed by atoms with Gasteiger partial charge in [-0.3, -0.25) is 0 Å². The first-order valence-corrected chi connectivity index (χ1v) is 8.10. The Kier molecular flexibility index (Phi) is 4.44. The molecule has 0 aliphatic carbocycles. The molecule has 4 nitrogen and oxygen atoms in total. The number of thioether (sulfide) groups is 1. The molecular weight excluding hydrogens is 282 g/mol. The van der Waals surface area contributed by atoms with Crippen LogP contribution in [0.25, 0.3) is 11.4 Å². The summed E-state index contributed by atoms with van der Waals surface area (Å²) in [5.74, 6) is 2.23. The quantitative estimate of drug-likeness (QED) is 0.850. The second kappa shape index (κ2) is 5.81. The molecule has 21 heavy (non-hydrogen) atoms. The van der Waals surface area contributed by atoms with Gasteiger partial charge in [-0.2, -0.15) is 4.98 Å². The number of aromatic nitrogens is 2. The minimum Gasteiger partial charge on any atom is -0.338 e. The molecule has 0 aliphatic rings. The van der Waals surface area contributed by atoms with Gasteiger partial charge in [0.15, 0.2) is 0 Å². The Morgan fingerprint density at radius 3 is 2.29 bits per heavy atom. The highest BCUT2D eigenvalue weighted by atomic mass is 32.2. The fraction of sp³-hybridized carbons (Fsp3) is 0.500. The van der Waals surface area contributed by atoms with Crippen LogP contribution in [-0.4, -0.2) is 21.4 Å². The SMILES string of the molecule is CCSc1ccc(-c2noc(C(C)(C)C(C)(C)N)n2)cc1. The molecule has 0 radical (unpaired) electrons. The fourth-order valence-corrected chi connectivity index (χ4v) is 2.40. The molecule has 0 saturated carbocycles. The third-order valence-electron chi connectivity index (χ3n) is 4.00. The minimum atomic E-state index is -0.446. The molecule has 0 unspecified atom stereocenters. The molecule has 2 rings (SSSR count). The first kappa shape index (κ1) is 16.0. The first-order valence-electron chi connectivity index (χ1n) is 7.12. The van der Waals surface area contributed by atoms with E-state index in [9.17, 15) is 0 Å². The maximum absolute atomic E-state index is 6.22. The Bertz CT molecular complexity index is 597. The number of nitrogens with zero attached hydrogens (tertiary/aromatic N) is 2. The summed E-state index contributed by atoms with van der Waals surface area (Å²) >= 11 is 1.81. The minimum absolute atomic E-state index is 0.393. The highest BCUT2D eigenvalue weighted by Gasteiger charge is 2.40. The summed E-state index contributed by atoms with van der Waals surface area (Å²) < 4.78 is 5.44. The maximum atomic E-state index is 6.22. The van der Waals surface area contributed by atoms with Gasteiger partial charge in [0.25, 0.3) is 0 Å². The topological polar surface area (TPSA) is 64.9 Å². The van der Waals surface area contributed by atoms with Crippen molar-refractivity contribution in [1.29, 1.82) is 0 Å². The molecule has 2 N–H and O–H groups in total. The Morgan fingerprint density at radius 1 is 1.14 bits per heavy atom. The van der Waals surface area contributed by atoms with Crippen molar-refractivity contribution in [3.63, 3.8) is 0 Å². The van der Waals surface area contributed by atoms with Crippen LogP contribution in [0.1, 0.15) is 40.5 Å². The lowest BCUT2D eigenvalue weighted by Crippen LogP contribution is -2.50. The summed E-state index contributed by atoms with van der Waals surface area (Å²) in [5, 5.41) is 4.09. The third-order valence-corrected chi connectivity index (χ3v) is 4.89. The van der Waals surface area contributed by atoms with E-state index in [2.05, 4.69) is 29.2 Å². The summed E-state index contributed by atoms with van der Waals surface area (Å²) in [4.78, 5) is 5.77. The van der Waals surface area contributed by atoms with E-state index >= 15 is 0 Å². The number of hydrogen-bond donors (Lipinski definition) is 1. The van der Waals surface area contributed by atoms with Crippen LogP contribution in [0.2, 0.25) is 0 Å². The van der Waals surface area contributed by atoms with Crippen LogP contribution >= 0.6 is 11.8 Å². The molecule has 0 aliphatic heterocycles. The molecule has 1 aromatic carbocycles. The van der Waals surface area contributed by atoms with Gasteiger partial charge >= 0.3 is 0 Å². The first-order chi connectivity index (χ1) is 9.75. The molecule has 0 amide bonds. The maximum Gasteiger partial charge on any atom is 0.234 e. The molecule has 0 atom stereocenters. The van der Waals surface area contributed by atoms with Crippen molar-refractivity contribution in [3.05, 3.63) is 30.2 Å². The largest absolute Gasteiger partial charge is 0.338 e. The van der Waals surface area contributed by atoms with Crippen molar-refractivity contribution >= 4 is 11.8 Å². The molecule has 0 spiro atoms. The summed E-state index contributed by atoms with van der Waals surface area (Å²) in [6, 6.07) is 8.20. The van der Waals surface area contributed by atoms with E-state index in [0.717, 1.165) is 11.3 Å². The lowest BCUT2D eigenvalue weighted by atomic mass is 9.75. The van der Waals surface area contributed by atoms with Crippen LogP contribution in [0.4, 0.5) is 0 Å². The molecule has 0 fully saturated rings. The number of rotatable bonds is 5. The highest BCUT2D eigenvalue weighted by Crippen LogP contribution is 2.33. The molecule has 1 aromatic heterocycles. The van der Waals surface area contributed by atoms with Gasteiger partial charge in [-0.15, -0.1) is 11.8 Å². The molecule has 5 heteroatoms. The second-order valence-electron chi connectivity index (χ2n) is 6.23. The third kappa shape index (κ3) is 3.30. The van der Waals surface area contributed by atoms with Crippen molar-refractivity contribution in [1.82, 2.24) is 10.1 Å². The van der Waals surface area contributed by atoms with E-state index in [1.54, 1.807) is 0 Å². The zero-order chi connectivity index (χ0) is 15.7. The monoisotopic (exact) mass is 305 g/mol. The van der Waals surface area contributed by atoms with Crippen LogP contribution in [0.3, 0.4) is 0 Å². The van der Waals surface area contributed by atoms with E-state index in [1.807, 2.05) is 51.6 Å². The lowest BCUT2D eigenvalue weighted by molar-refractivity contribution is 0.223. The van der Waals surface area contributed by atoms with E-state index < -0.39 is 11.0 Å². The zero-order valence-electron chi connectivity index (χ0n) is 13.3. The average Bonchev–Trinajstić information content (AvgIpc) is 2.89. The standard InChI is InChI=1S/C16H23N3OS/c1-6-21-12-9-7-11(8-10-12)13-18-14(20-19-13)15(2,3)16(4,5)17/h7-10H,6,17H2,1-5H3. The molecule has 0 bridgehead atoms. The number of hydrogen-bond acceptors (Lipinski definition) is 5. The predicted molar refractivity (Wildman–Crippen MR) is 87.4 cm³/mol. The second-order valence-corrected chi connectivity index (χ2v) is 7.56. The van der Waals surface area contributed by atoms with Gasteiger partial charge in [0.1, 0.15) is 0 Å². The van der Waals surface area contributed by atoms with Crippen molar-refractivity contribution in [2.24, 2.45) is 5.73 Å². The average molecular weight is 305 g/mol. The van der Waals surface area contributed by atoms with Crippen LogP contribution in [-0.2, 0) is 5.41 Å². The molecule has 1 heterocycles. The van der Waals surface area contributed by atoms with E-state index in [1.165, 1.54) is 4.90 Å². The Hall–Kier alpha value is -1.33. The van der Waals surface area contributed by atoms with E-state index in [0.29, 0.717) is 11.7 Å². The summed E-state index contributed by atoms with van der Waals surface area (Å²) in [6.45, 7) is 10.1. The van der Waals surface area contributed by atoms with E-state index in [4.69, 9.17) is 10.3 Å². The van der Waals surface area contributed by atoms with Crippen molar-refractivity contribution in [3.8, 4) is 11.4 Å². The normalized spacial score (nSPS) is 12.7. The predicted octanol–water partition coefficient (Wildman–Crippen LogP) is 3.86. The Balaban J connectivity index is 2.28. The van der Waals surface area contributed by atoms with Crippen molar-refractivity contribution in [2.75, 3.05) is 5.75 Å². The van der Waals surface area contributed by atoms with E-state index in [-0.39, 0.29) is 0 Å². The van der Waals surface area contributed by atoms with Crippen molar-refractivity contribution in [2.45, 2.75) is 50.5 Å². The molecular formula is C16H23N3OS. The van der Waals surface area contributed by atoms with Gasteiger partial charge in [0.05, 0.1) is 5.41 Å². The van der Waals surface area contributed by atoms with Gasteiger partial charge in [-0.25, -0.2) is 0 Å².